The van der Waals surface area contributed by atoms with Crippen LogP contribution in [0.4, 0.5) is 0 Å². The first-order valence-corrected chi connectivity index (χ1v) is 8.89. The SMILES string of the molecule is C=C(C)CSc1nnc(-c2cccs2)n1Cc1ccccc1. The van der Waals surface area contributed by atoms with Gasteiger partial charge in [-0.05, 0) is 23.9 Å². The minimum atomic E-state index is 0.777. The maximum Gasteiger partial charge on any atom is 0.192 e. The fraction of sp³-hybridized carbons (Fsp3) is 0.176. The Balaban J connectivity index is 1.95. The molecule has 3 nitrogen and oxygen atoms in total. The lowest BCUT2D eigenvalue weighted by atomic mass is 10.2. The van der Waals surface area contributed by atoms with E-state index < -0.39 is 0 Å². The Hall–Kier alpha value is -1.85. The van der Waals surface area contributed by atoms with Crippen LogP contribution >= 0.6 is 23.1 Å². The van der Waals surface area contributed by atoms with Gasteiger partial charge in [-0.15, -0.1) is 21.5 Å². The Labute approximate surface area is 138 Å². The molecule has 22 heavy (non-hydrogen) atoms. The van der Waals surface area contributed by atoms with E-state index in [0.717, 1.165) is 33.7 Å². The third-order valence-electron chi connectivity index (χ3n) is 3.09. The summed E-state index contributed by atoms with van der Waals surface area (Å²) in [5, 5.41) is 11.8. The van der Waals surface area contributed by atoms with E-state index in [1.807, 2.05) is 19.1 Å². The molecule has 0 amide bonds. The van der Waals surface area contributed by atoms with Gasteiger partial charge in [0, 0.05) is 5.75 Å². The molecule has 0 radical (unpaired) electrons. The summed E-state index contributed by atoms with van der Waals surface area (Å²) in [6.07, 6.45) is 0. The maximum absolute atomic E-state index is 4.41. The summed E-state index contributed by atoms with van der Waals surface area (Å²) in [5.74, 6) is 1.79. The molecule has 3 aromatic rings. The van der Waals surface area contributed by atoms with Gasteiger partial charge >= 0.3 is 0 Å². The summed E-state index contributed by atoms with van der Waals surface area (Å²) >= 11 is 3.38. The Bertz CT molecular complexity index is 746. The van der Waals surface area contributed by atoms with Gasteiger partial charge in [-0.25, -0.2) is 0 Å². The van der Waals surface area contributed by atoms with Crippen molar-refractivity contribution in [1.29, 1.82) is 0 Å². The second kappa shape index (κ2) is 6.94. The number of rotatable bonds is 6. The van der Waals surface area contributed by atoms with Gasteiger partial charge in [0.2, 0.25) is 0 Å². The number of hydrogen-bond acceptors (Lipinski definition) is 4. The van der Waals surface area contributed by atoms with E-state index in [9.17, 15) is 0 Å². The van der Waals surface area contributed by atoms with Gasteiger partial charge in [-0.3, -0.25) is 4.57 Å². The van der Waals surface area contributed by atoms with E-state index in [4.69, 9.17) is 0 Å². The Morgan fingerprint density at radius 2 is 2.00 bits per heavy atom. The zero-order chi connectivity index (χ0) is 15.4. The molecule has 0 N–H and O–H groups in total. The summed E-state index contributed by atoms with van der Waals surface area (Å²) in [6.45, 7) is 6.77. The average Bonchev–Trinajstić information content (AvgIpc) is 3.16. The minimum absolute atomic E-state index is 0.777. The molecule has 0 aliphatic carbocycles. The highest BCUT2D eigenvalue weighted by molar-refractivity contribution is 7.99. The summed E-state index contributed by atoms with van der Waals surface area (Å²) in [7, 11) is 0. The maximum atomic E-state index is 4.41. The molecule has 0 saturated heterocycles. The first-order valence-electron chi connectivity index (χ1n) is 7.02. The van der Waals surface area contributed by atoms with Crippen molar-refractivity contribution in [3.05, 3.63) is 65.6 Å². The molecule has 0 aliphatic heterocycles. The van der Waals surface area contributed by atoms with Crippen molar-refractivity contribution in [2.24, 2.45) is 0 Å². The molecular weight excluding hydrogens is 310 g/mol. The highest BCUT2D eigenvalue weighted by Crippen LogP contribution is 2.28. The van der Waals surface area contributed by atoms with Crippen LogP contribution in [0.2, 0.25) is 0 Å². The van der Waals surface area contributed by atoms with Crippen LogP contribution in [0.15, 0.2) is 65.2 Å². The highest BCUT2D eigenvalue weighted by Gasteiger charge is 2.15. The summed E-state index contributed by atoms with van der Waals surface area (Å²) in [4.78, 5) is 1.14. The molecule has 0 bridgehead atoms. The zero-order valence-electron chi connectivity index (χ0n) is 12.4. The monoisotopic (exact) mass is 327 g/mol. The molecular formula is C17H17N3S2. The molecule has 0 unspecified atom stereocenters. The zero-order valence-corrected chi connectivity index (χ0v) is 14.0. The number of hydrogen-bond donors (Lipinski definition) is 0. The quantitative estimate of drug-likeness (QED) is 0.485. The van der Waals surface area contributed by atoms with Crippen LogP contribution in [0, 0.1) is 0 Å². The smallest absolute Gasteiger partial charge is 0.192 e. The van der Waals surface area contributed by atoms with Crippen LogP contribution in [0.5, 0.6) is 0 Å². The summed E-state index contributed by atoms with van der Waals surface area (Å²) in [5.41, 5.74) is 2.38. The number of thioether (sulfide) groups is 1. The molecule has 0 saturated carbocycles. The van der Waals surface area contributed by atoms with Crippen molar-refractivity contribution in [3.63, 3.8) is 0 Å². The molecule has 0 fully saturated rings. The number of benzene rings is 1. The molecule has 2 heterocycles. The van der Waals surface area contributed by atoms with E-state index in [1.54, 1.807) is 23.1 Å². The molecule has 0 spiro atoms. The summed E-state index contributed by atoms with van der Waals surface area (Å²) < 4.78 is 2.19. The van der Waals surface area contributed by atoms with Crippen molar-refractivity contribution < 1.29 is 0 Å². The Kier molecular flexibility index (Phi) is 4.75. The predicted molar refractivity (Wildman–Crippen MR) is 94.4 cm³/mol. The molecule has 1 aromatic carbocycles. The number of aromatic nitrogens is 3. The van der Waals surface area contributed by atoms with Crippen molar-refractivity contribution in [2.45, 2.75) is 18.6 Å². The van der Waals surface area contributed by atoms with E-state index in [0.29, 0.717) is 0 Å². The van der Waals surface area contributed by atoms with Gasteiger partial charge in [0.15, 0.2) is 11.0 Å². The first kappa shape index (κ1) is 15.1. The summed E-state index contributed by atoms with van der Waals surface area (Å²) in [6, 6.07) is 14.5. The van der Waals surface area contributed by atoms with Gasteiger partial charge in [0.1, 0.15) is 0 Å². The molecule has 2 aromatic heterocycles. The Morgan fingerprint density at radius 1 is 1.18 bits per heavy atom. The van der Waals surface area contributed by atoms with Crippen molar-refractivity contribution in [3.8, 4) is 10.7 Å². The minimum Gasteiger partial charge on any atom is -0.297 e. The van der Waals surface area contributed by atoms with Crippen LogP contribution in [-0.4, -0.2) is 20.5 Å². The second-order valence-electron chi connectivity index (χ2n) is 5.10. The van der Waals surface area contributed by atoms with Crippen molar-refractivity contribution in [2.75, 3.05) is 5.75 Å². The van der Waals surface area contributed by atoms with Crippen LogP contribution in [-0.2, 0) is 6.54 Å². The van der Waals surface area contributed by atoms with Crippen LogP contribution < -0.4 is 0 Å². The van der Waals surface area contributed by atoms with Gasteiger partial charge in [-0.2, -0.15) is 0 Å². The molecule has 5 heteroatoms. The third-order valence-corrected chi connectivity index (χ3v) is 5.15. The number of thiophene rings is 1. The van der Waals surface area contributed by atoms with Crippen molar-refractivity contribution >= 4 is 23.1 Å². The van der Waals surface area contributed by atoms with Crippen LogP contribution in [0.3, 0.4) is 0 Å². The molecule has 112 valence electrons. The topological polar surface area (TPSA) is 30.7 Å². The lowest BCUT2D eigenvalue weighted by molar-refractivity contribution is 0.716. The van der Waals surface area contributed by atoms with Gasteiger partial charge in [0.05, 0.1) is 11.4 Å². The van der Waals surface area contributed by atoms with Crippen LogP contribution in [0.1, 0.15) is 12.5 Å². The highest BCUT2D eigenvalue weighted by atomic mass is 32.2. The Morgan fingerprint density at radius 3 is 2.68 bits per heavy atom. The van der Waals surface area contributed by atoms with E-state index in [1.165, 1.54) is 5.56 Å². The van der Waals surface area contributed by atoms with Gasteiger partial charge in [-0.1, -0.05) is 60.3 Å². The van der Waals surface area contributed by atoms with Crippen molar-refractivity contribution in [1.82, 2.24) is 14.8 Å². The van der Waals surface area contributed by atoms with Gasteiger partial charge < -0.3 is 0 Å². The van der Waals surface area contributed by atoms with E-state index in [2.05, 4.69) is 57.1 Å². The third kappa shape index (κ3) is 3.48. The largest absolute Gasteiger partial charge is 0.297 e. The molecule has 3 rings (SSSR count). The predicted octanol–water partition coefficient (Wildman–Crippen LogP) is 4.72. The molecule has 0 aliphatic rings. The standard InChI is InChI=1S/C17H17N3S2/c1-13(2)12-22-17-19-18-16(15-9-6-10-21-15)20(17)11-14-7-4-3-5-8-14/h3-10H,1,11-12H2,2H3. The van der Waals surface area contributed by atoms with E-state index >= 15 is 0 Å². The number of nitrogens with zero attached hydrogens (tertiary/aromatic N) is 3. The fourth-order valence-corrected chi connectivity index (χ4v) is 3.58. The van der Waals surface area contributed by atoms with E-state index in [-0.39, 0.29) is 0 Å². The normalized spacial score (nSPS) is 10.8. The van der Waals surface area contributed by atoms with Crippen LogP contribution in [0.25, 0.3) is 10.7 Å². The first-order chi connectivity index (χ1) is 10.7. The molecule has 0 atom stereocenters. The fourth-order valence-electron chi connectivity index (χ4n) is 2.08. The van der Waals surface area contributed by atoms with Gasteiger partial charge in [0.25, 0.3) is 0 Å². The lowest BCUT2D eigenvalue weighted by Gasteiger charge is -2.09. The average molecular weight is 327 g/mol. The second-order valence-corrected chi connectivity index (χ2v) is 6.99. The lowest BCUT2D eigenvalue weighted by Crippen LogP contribution is -2.03.